The van der Waals surface area contributed by atoms with Gasteiger partial charge in [0.05, 0.1) is 14.2 Å². The van der Waals surface area contributed by atoms with Crippen molar-refractivity contribution in [2.45, 2.75) is 6.42 Å². The number of hydrogen-bond donors (Lipinski definition) is 0. The second-order valence-corrected chi connectivity index (χ2v) is 2.64. The molecule has 0 atom stereocenters. The van der Waals surface area contributed by atoms with Crippen LogP contribution in [0.15, 0.2) is 18.3 Å². The van der Waals surface area contributed by atoms with Crippen LogP contribution in [0.25, 0.3) is 0 Å². The topological polar surface area (TPSA) is 48.4 Å². The predicted molar refractivity (Wildman–Crippen MR) is 54.3 cm³/mol. The Morgan fingerprint density at radius 3 is 3.00 bits per heavy atom. The SMILES string of the molecule is COC(=O)CC#Cc1ccnc(OC)c1. The maximum absolute atomic E-state index is 10.8. The molecule has 0 radical (unpaired) electrons. The lowest BCUT2D eigenvalue weighted by Gasteiger charge is -1.96. The Hall–Kier alpha value is -2.02. The molecule has 1 aromatic heterocycles. The van der Waals surface area contributed by atoms with Gasteiger partial charge in [-0.25, -0.2) is 4.98 Å². The fraction of sp³-hybridized carbons (Fsp3) is 0.273. The van der Waals surface area contributed by atoms with E-state index < -0.39 is 0 Å². The number of esters is 1. The summed E-state index contributed by atoms with van der Waals surface area (Å²) in [6, 6.07) is 3.44. The van der Waals surface area contributed by atoms with Gasteiger partial charge in [0.2, 0.25) is 5.88 Å². The Morgan fingerprint density at radius 1 is 1.53 bits per heavy atom. The average Bonchev–Trinajstić information content (AvgIpc) is 2.29. The van der Waals surface area contributed by atoms with Gasteiger partial charge in [0.1, 0.15) is 6.42 Å². The fourth-order valence-electron chi connectivity index (χ4n) is 0.889. The molecule has 0 fully saturated rings. The Labute approximate surface area is 88.2 Å². The number of rotatable bonds is 2. The summed E-state index contributed by atoms with van der Waals surface area (Å²) in [4.78, 5) is 14.7. The van der Waals surface area contributed by atoms with Gasteiger partial charge in [-0.1, -0.05) is 11.8 Å². The van der Waals surface area contributed by atoms with Crippen molar-refractivity contribution in [3.05, 3.63) is 23.9 Å². The minimum Gasteiger partial charge on any atom is -0.481 e. The van der Waals surface area contributed by atoms with Gasteiger partial charge in [0, 0.05) is 17.8 Å². The van der Waals surface area contributed by atoms with Gasteiger partial charge in [-0.2, -0.15) is 0 Å². The van der Waals surface area contributed by atoms with Crippen LogP contribution in [0.3, 0.4) is 0 Å². The molecule has 0 unspecified atom stereocenters. The Balaban J connectivity index is 2.67. The molecule has 4 heteroatoms. The van der Waals surface area contributed by atoms with E-state index in [0.29, 0.717) is 5.88 Å². The number of carbonyl (C=O) groups is 1. The molecule has 0 N–H and O–H groups in total. The highest BCUT2D eigenvalue weighted by Gasteiger charge is 1.95. The zero-order valence-electron chi connectivity index (χ0n) is 8.61. The van der Waals surface area contributed by atoms with Gasteiger partial charge >= 0.3 is 5.97 Å². The molecule has 0 aliphatic rings. The van der Waals surface area contributed by atoms with Crippen molar-refractivity contribution in [3.8, 4) is 17.7 Å². The quantitative estimate of drug-likeness (QED) is 0.534. The Kier molecular flexibility index (Phi) is 4.17. The lowest BCUT2D eigenvalue weighted by Crippen LogP contribution is -1.97. The second kappa shape index (κ2) is 5.66. The fourth-order valence-corrected chi connectivity index (χ4v) is 0.889. The number of carbonyl (C=O) groups excluding carboxylic acids is 1. The number of aromatic nitrogens is 1. The van der Waals surface area contributed by atoms with Crippen LogP contribution in [0.5, 0.6) is 5.88 Å². The van der Waals surface area contributed by atoms with Gasteiger partial charge in [-0.05, 0) is 6.07 Å². The summed E-state index contributed by atoms with van der Waals surface area (Å²) >= 11 is 0. The molecule has 0 aliphatic carbocycles. The van der Waals surface area contributed by atoms with E-state index in [4.69, 9.17) is 4.74 Å². The van der Waals surface area contributed by atoms with Crippen LogP contribution in [0, 0.1) is 11.8 Å². The number of pyridine rings is 1. The lowest BCUT2D eigenvalue weighted by molar-refractivity contribution is -0.139. The predicted octanol–water partition coefficient (Wildman–Crippen LogP) is 1.00. The molecule has 0 saturated heterocycles. The molecule has 0 aliphatic heterocycles. The van der Waals surface area contributed by atoms with Crippen molar-refractivity contribution in [3.63, 3.8) is 0 Å². The van der Waals surface area contributed by atoms with Crippen molar-refractivity contribution in [1.82, 2.24) is 4.98 Å². The van der Waals surface area contributed by atoms with E-state index in [0.717, 1.165) is 5.56 Å². The zero-order valence-corrected chi connectivity index (χ0v) is 8.61. The minimum atomic E-state index is -0.344. The molecule has 0 aromatic carbocycles. The highest BCUT2D eigenvalue weighted by molar-refractivity contribution is 5.72. The summed E-state index contributed by atoms with van der Waals surface area (Å²) in [5, 5.41) is 0. The van der Waals surface area contributed by atoms with Crippen LogP contribution >= 0.6 is 0 Å². The van der Waals surface area contributed by atoms with E-state index in [9.17, 15) is 4.79 Å². The number of methoxy groups -OCH3 is 2. The molecule has 4 nitrogen and oxygen atoms in total. The molecule has 0 amide bonds. The van der Waals surface area contributed by atoms with Crippen molar-refractivity contribution in [2.24, 2.45) is 0 Å². The summed E-state index contributed by atoms with van der Waals surface area (Å²) in [7, 11) is 2.87. The molecular weight excluding hydrogens is 194 g/mol. The number of nitrogens with zero attached hydrogens (tertiary/aromatic N) is 1. The first kappa shape index (κ1) is 11.1. The molecule has 0 saturated carbocycles. The summed E-state index contributed by atoms with van der Waals surface area (Å²) in [5.74, 6) is 5.67. The summed E-state index contributed by atoms with van der Waals surface area (Å²) in [5.41, 5.74) is 0.755. The number of ether oxygens (including phenoxy) is 2. The molecule has 1 heterocycles. The Bertz CT molecular complexity index is 404. The highest BCUT2D eigenvalue weighted by Crippen LogP contribution is 2.06. The summed E-state index contributed by atoms with van der Waals surface area (Å²) in [6.45, 7) is 0. The largest absolute Gasteiger partial charge is 0.481 e. The maximum Gasteiger partial charge on any atom is 0.317 e. The molecular formula is C11H11NO3. The first-order valence-electron chi connectivity index (χ1n) is 4.32. The molecule has 1 rings (SSSR count). The lowest BCUT2D eigenvalue weighted by atomic mass is 10.2. The van der Waals surface area contributed by atoms with E-state index in [1.807, 2.05) is 0 Å². The minimum absolute atomic E-state index is 0.0845. The smallest absolute Gasteiger partial charge is 0.317 e. The van der Waals surface area contributed by atoms with E-state index in [-0.39, 0.29) is 12.4 Å². The van der Waals surface area contributed by atoms with E-state index in [1.54, 1.807) is 18.3 Å². The van der Waals surface area contributed by atoms with Crippen molar-refractivity contribution in [2.75, 3.05) is 14.2 Å². The molecule has 1 aromatic rings. The maximum atomic E-state index is 10.8. The summed E-state index contributed by atoms with van der Waals surface area (Å²) < 4.78 is 9.39. The van der Waals surface area contributed by atoms with Gasteiger partial charge in [0.15, 0.2) is 0 Å². The van der Waals surface area contributed by atoms with Crippen LogP contribution in [0.1, 0.15) is 12.0 Å². The first-order chi connectivity index (χ1) is 7.26. The van der Waals surface area contributed by atoms with E-state index in [1.165, 1.54) is 14.2 Å². The van der Waals surface area contributed by atoms with Gasteiger partial charge in [-0.15, -0.1) is 0 Å². The van der Waals surface area contributed by atoms with E-state index in [2.05, 4.69) is 21.6 Å². The van der Waals surface area contributed by atoms with Gasteiger partial charge in [-0.3, -0.25) is 4.79 Å². The average molecular weight is 205 g/mol. The molecule has 78 valence electrons. The van der Waals surface area contributed by atoms with Gasteiger partial charge < -0.3 is 9.47 Å². The van der Waals surface area contributed by atoms with Crippen molar-refractivity contribution >= 4 is 5.97 Å². The number of hydrogen-bond acceptors (Lipinski definition) is 4. The van der Waals surface area contributed by atoms with Crippen molar-refractivity contribution < 1.29 is 14.3 Å². The van der Waals surface area contributed by atoms with Crippen LogP contribution in [-0.4, -0.2) is 25.2 Å². The second-order valence-electron chi connectivity index (χ2n) is 2.64. The van der Waals surface area contributed by atoms with Crippen LogP contribution in [0.2, 0.25) is 0 Å². The third-order valence-corrected chi connectivity index (χ3v) is 1.64. The van der Waals surface area contributed by atoms with Crippen LogP contribution in [0.4, 0.5) is 0 Å². The van der Waals surface area contributed by atoms with Crippen molar-refractivity contribution in [1.29, 1.82) is 0 Å². The summed E-state index contributed by atoms with van der Waals surface area (Å²) in [6.07, 6.45) is 1.68. The van der Waals surface area contributed by atoms with E-state index >= 15 is 0 Å². The molecule has 0 spiro atoms. The third kappa shape index (κ3) is 3.69. The first-order valence-corrected chi connectivity index (χ1v) is 4.32. The van der Waals surface area contributed by atoms with Gasteiger partial charge in [0.25, 0.3) is 0 Å². The van der Waals surface area contributed by atoms with Crippen LogP contribution in [-0.2, 0) is 9.53 Å². The highest BCUT2D eigenvalue weighted by atomic mass is 16.5. The zero-order chi connectivity index (χ0) is 11.1. The molecule has 0 bridgehead atoms. The molecule has 15 heavy (non-hydrogen) atoms. The monoisotopic (exact) mass is 205 g/mol. The standard InChI is InChI=1S/C11H11NO3/c1-14-10-8-9(6-7-12-10)4-3-5-11(13)15-2/h6-8H,5H2,1-2H3. The normalized spacial score (nSPS) is 8.67. The Morgan fingerprint density at radius 2 is 2.33 bits per heavy atom. The van der Waals surface area contributed by atoms with Crippen LogP contribution < -0.4 is 4.74 Å². The third-order valence-electron chi connectivity index (χ3n) is 1.64.